The van der Waals surface area contributed by atoms with E-state index in [0.29, 0.717) is 37.6 Å². The van der Waals surface area contributed by atoms with E-state index < -0.39 is 28.7 Å². The summed E-state index contributed by atoms with van der Waals surface area (Å²) in [7, 11) is 1.28. The first-order chi connectivity index (χ1) is 16.8. The van der Waals surface area contributed by atoms with E-state index in [1.807, 2.05) is 16.7 Å². The average Bonchev–Trinajstić information content (AvgIpc) is 2.86. The molecule has 1 saturated heterocycles. The van der Waals surface area contributed by atoms with Crippen molar-refractivity contribution in [3.8, 4) is 5.75 Å². The number of ether oxygens (including phenoxy) is 2. The number of aromatic carboxylic acids is 1. The van der Waals surface area contributed by atoms with Crippen molar-refractivity contribution >= 4 is 34.5 Å². The molecule has 1 aromatic carbocycles. The summed E-state index contributed by atoms with van der Waals surface area (Å²) >= 11 is 0. The smallest absolute Gasteiger partial charge is 0.341 e. The molecule has 2 aromatic heterocycles. The van der Waals surface area contributed by atoms with E-state index in [9.17, 15) is 19.5 Å². The predicted molar refractivity (Wildman–Crippen MR) is 123 cm³/mol. The Morgan fingerprint density at radius 2 is 1.83 bits per heavy atom. The zero-order valence-electron chi connectivity index (χ0n) is 19.0. The van der Waals surface area contributed by atoms with Crippen LogP contribution in [0.15, 0.2) is 29.5 Å². The monoisotopic (exact) mass is 483 g/mol. The molecule has 0 bridgehead atoms. The Morgan fingerprint density at radius 3 is 2.46 bits per heavy atom. The fourth-order valence-corrected chi connectivity index (χ4v) is 4.50. The summed E-state index contributed by atoms with van der Waals surface area (Å²) in [6.07, 6.45) is 4.10. The van der Waals surface area contributed by atoms with Gasteiger partial charge in [0.05, 0.1) is 29.6 Å². The van der Waals surface area contributed by atoms with Crippen LogP contribution in [0.2, 0.25) is 0 Å². The number of methoxy groups -OCH3 is 1. The SMILES string of the molecule is COC(=O)c1cnc(N2CCN(c3c(F)cc4c(=O)c(C(=O)O)cn5c4c3OC[C@@H]5C)CC2)nc1. The van der Waals surface area contributed by atoms with Crippen molar-refractivity contribution in [1.29, 1.82) is 0 Å². The number of carboxylic acid groups (broad SMARTS) is 1. The fourth-order valence-electron chi connectivity index (χ4n) is 4.50. The van der Waals surface area contributed by atoms with Crippen molar-refractivity contribution < 1.29 is 28.6 Å². The van der Waals surface area contributed by atoms with Crippen molar-refractivity contribution in [2.75, 3.05) is 49.7 Å². The van der Waals surface area contributed by atoms with Gasteiger partial charge in [-0.3, -0.25) is 4.79 Å². The summed E-state index contributed by atoms with van der Waals surface area (Å²) in [6, 6.07) is 0.867. The number of piperazine rings is 1. The first-order valence-corrected chi connectivity index (χ1v) is 11.0. The molecule has 0 radical (unpaired) electrons. The largest absolute Gasteiger partial charge is 0.487 e. The summed E-state index contributed by atoms with van der Waals surface area (Å²) < 4.78 is 27.6. The number of aromatic nitrogens is 3. The summed E-state index contributed by atoms with van der Waals surface area (Å²) in [4.78, 5) is 48.1. The Kier molecular flexibility index (Phi) is 5.50. The highest BCUT2D eigenvalue weighted by molar-refractivity contribution is 5.97. The van der Waals surface area contributed by atoms with Crippen molar-refractivity contribution in [1.82, 2.24) is 14.5 Å². The maximum Gasteiger partial charge on any atom is 0.341 e. The number of carboxylic acids is 1. The van der Waals surface area contributed by atoms with Gasteiger partial charge in [0.2, 0.25) is 11.4 Å². The van der Waals surface area contributed by atoms with Gasteiger partial charge in [0.25, 0.3) is 0 Å². The minimum atomic E-state index is -1.36. The highest BCUT2D eigenvalue weighted by Gasteiger charge is 2.31. The van der Waals surface area contributed by atoms with E-state index in [1.54, 1.807) is 4.57 Å². The summed E-state index contributed by atoms with van der Waals surface area (Å²) in [5.41, 5.74) is -0.279. The average molecular weight is 483 g/mol. The van der Waals surface area contributed by atoms with Crippen molar-refractivity contribution in [3.05, 3.63) is 51.8 Å². The molecule has 0 saturated carbocycles. The van der Waals surface area contributed by atoms with Gasteiger partial charge >= 0.3 is 11.9 Å². The molecule has 1 N–H and O–H groups in total. The lowest BCUT2D eigenvalue weighted by molar-refractivity contribution is 0.0598. The molecule has 4 heterocycles. The van der Waals surface area contributed by atoms with Crippen LogP contribution in [-0.4, -0.2) is 71.5 Å². The minimum absolute atomic E-state index is 0.0227. The van der Waals surface area contributed by atoms with Crippen LogP contribution in [0.25, 0.3) is 10.9 Å². The molecule has 0 spiro atoms. The van der Waals surface area contributed by atoms with Gasteiger partial charge in [0, 0.05) is 44.8 Å². The van der Waals surface area contributed by atoms with Crippen molar-refractivity contribution in [3.63, 3.8) is 0 Å². The van der Waals surface area contributed by atoms with E-state index in [0.717, 1.165) is 6.07 Å². The number of halogens is 1. The van der Waals surface area contributed by atoms with Crippen LogP contribution in [-0.2, 0) is 4.74 Å². The number of pyridine rings is 1. The van der Waals surface area contributed by atoms with Crippen LogP contribution in [0, 0.1) is 5.82 Å². The van der Waals surface area contributed by atoms with Gasteiger partial charge in [-0.2, -0.15) is 0 Å². The molecule has 11 nitrogen and oxygen atoms in total. The molecule has 0 amide bonds. The summed E-state index contributed by atoms with van der Waals surface area (Å²) in [5, 5.41) is 9.41. The van der Waals surface area contributed by atoms with E-state index in [4.69, 9.17) is 4.74 Å². The van der Waals surface area contributed by atoms with Gasteiger partial charge in [-0.05, 0) is 13.0 Å². The van der Waals surface area contributed by atoms with Crippen LogP contribution < -0.4 is 20.0 Å². The molecule has 3 aromatic rings. The zero-order chi connectivity index (χ0) is 24.9. The number of nitrogens with zero attached hydrogens (tertiary/aromatic N) is 5. The lowest BCUT2D eigenvalue weighted by Gasteiger charge is -2.38. The third-order valence-electron chi connectivity index (χ3n) is 6.31. The molecule has 12 heteroatoms. The Morgan fingerprint density at radius 1 is 1.17 bits per heavy atom. The highest BCUT2D eigenvalue weighted by Crippen LogP contribution is 2.42. The molecule has 35 heavy (non-hydrogen) atoms. The van der Waals surface area contributed by atoms with Gasteiger partial charge in [-0.15, -0.1) is 0 Å². The highest BCUT2D eigenvalue weighted by atomic mass is 19.1. The first-order valence-electron chi connectivity index (χ1n) is 11.0. The molecule has 2 aliphatic heterocycles. The topological polar surface area (TPSA) is 127 Å². The van der Waals surface area contributed by atoms with E-state index >= 15 is 4.39 Å². The normalized spacial score (nSPS) is 17.3. The van der Waals surface area contributed by atoms with Crippen LogP contribution in [0.1, 0.15) is 33.7 Å². The predicted octanol–water partition coefficient (Wildman–Crippen LogP) is 1.70. The van der Waals surface area contributed by atoms with Crippen LogP contribution >= 0.6 is 0 Å². The standard InChI is InChI=1S/C23H22FN5O6/c1-12-11-35-20-17-14(19(30)15(21(31)32)10-29(12)17)7-16(24)18(20)27-3-5-28(6-4-27)23-25-8-13(9-26-23)22(33)34-2/h7-10,12H,3-6,11H2,1-2H3,(H,31,32)/t12-/m0/s1. The molecule has 182 valence electrons. The number of benzene rings is 1. The van der Waals surface area contributed by atoms with E-state index in [2.05, 4.69) is 14.7 Å². The second-order valence-electron chi connectivity index (χ2n) is 8.41. The van der Waals surface area contributed by atoms with Gasteiger partial charge in [0.15, 0.2) is 11.6 Å². The van der Waals surface area contributed by atoms with Crippen LogP contribution in [0.5, 0.6) is 5.75 Å². The van der Waals surface area contributed by atoms with Gasteiger partial charge < -0.3 is 28.9 Å². The molecule has 5 rings (SSSR count). The first kappa shape index (κ1) is 22.6. The Labute approximate surface area is 198 Å². The van der Waals surface area contributed by atoms with Gasteiger partial charge in [-0.25, -0.2) is 23.9 Å². The number of hydrogen-bond donors (Lipinski definition) is 1. The van der Waals surface area contributed by atoms with Crippen molar-refractivity contribution in [2.24, 2.45) is 0 Å². The number of carbonyl (C=O) groups is 2. The molecule has 0 aliphatic carbocycles. The Balaban J connectivity index is 1.47. The minimum Gasteiger partial charge on any atom is -0.487 e. The number of carbonyl (C=O) groups excluding carboxylic acids is 1. The van der Waals surface area contributed by atoms with Crippen LogP contribution in [0.4, 0.5) is 16.0 Å². The van der Waals surface area contributed by atoms with E-state index in [1.165, 1.54) is 25.7 Å². The number of hydrogen-bond acceptors (Lipinski definition) is 9. The Bertz CT molecular complexity index is 1400. The lowest BCUT2D eigenvalue weighted by atomic mass is 10.1. The maximum absolute atomic E-state index is 15.4. The maximum atomic E-state index is 15.4. The molecule has 1 atom stereocenters. The number of esters is 1. The molecular formula is C23H22FN5O6. The quantitative estimate of drug-likeness (QED) is 0.548. The van der Waals surface area contributed by atoms with Crippen molar-refractivity contribution in [2.45, 2.75) is 13.0 Å². The van der Waals surface area contributed by atoms with Gasteiger partial charge in [-0.1, -0.05) is 0 Å². The molecule has 0 unspecified atom stereocenters. The summed E-state index contributed by atoms with van der Waals surface area (Å²) in [6.45, 7) is 3.86. The third kappa shape index (κ3) is 3.70. The lowest BCUT2D eigenvalue weighted by Crippen LogP contribution is -2.47. The van der Waals surface area contributed by atoms with E-state index in [-0.39, 0.29) is 35.0 Å². The molecule has 1 fully saturated rings. The number of rotatable bonds is 4. The fraction of sp³-hybridized carbons (Fsp3) is 0.348. The second-order valence-corrected chi connectivity index (χ2v) is 8.41. The summed E-state index contributed by atoms with van der Waals surface area (Å²) in [5.74, 6) is -1.86. The zero-order valence-corrected chi connectivity index (χ0v) is 19.0. The second kappa shape index (κ2) is 8.53. The van der Waals surface area contributed by atoms with Crippen LogP contribution in [0.3, 0.4) is 0 Å². The number of anilines is 2. The van der Waals surface area contributed by atoms with Gasteiger partial charge in [0.1, 0.15) is 17.9 Å². The third-order valence-corrected chi connectivity index (χ3v) is 6.31. The molecular weight excluding hydrogens is 461 g/mol. The Hall–Kier alpha value is -4.22. The molecule has 2 aliphatic rings.